The van der Waals surface area contributed by atoms with Crippen LogP contribution in [0.1, 0.15) is 29.8 Å². The summed E-state index contributed by atoms with van der Waals surface area (Å²) in [6, 6.07) is 8.54. The van der Waals surface area contributed by atoms with Gasteiger partial charge in [0.05, 0.1) is 11.0 Å². The van der Waals surface area contributed by atoms with E-state index in [9.17, 15) is 15.2 Å². The normalized spacial score (nSPS) is 12.0. The number of nitro groups is 1. The molecule has 1 atom stereocenters. The first-order chi connectivity index (χ1) is 9.88. The summed E-state index contributed by atoms with van der Waals surface area (Å²) >= 11 is 0. The SMILES string of the molecule is Cc1cc([N+](=O)[O-])c(Nc2ccc(C(C)O)cc2)nc1C. The number of aliphatic hydroxyl groups excluding tert-OH is 1. The van der Waals surface area contributed by atoms with Crippen LogP contribution in [0, 0.1) is 24.0 Å². The van der Waals surface area contributed by atoms with Crippen molar-refractivity contribution in [3.8, 4) is 0 Å². The van der Waals surface area contributed by atoms with Crippen molar-refractivity contribution in [1.82, 2.24) is 4.98 Å². The van der Waals surface area contributed by atoms with Crippen molar-refractivity contribution in [3.63, 3.8) is 0 Å². The molecule has 0 amide bonds. The van der Waals surface area contributed by atoms with E-state index in [1.54, 1.807) is 45.0 Å². The van der Waals surface area contributed by atoms with Gasteiger partial charge in [0.25, 0.3) is 0 Å². The van der Waals surface area contributed by atoms with Crippen LogP contribution in [0.2, 0.25) is 0 Å². The topological polar surface area (TPSA) is 88.3 Å². The average molecular weight is 287 g/mol. The molecule has 6 nitrogen and oxygen atoms in total. The van der Waals surface area contributed by atoms with E-state index >= 15 is 0 Å². The largest absolute Gasteiger partial charge is 0.389 e. The van der Waals surface area contributed by atoms with Crippen molar-refractivity contribution >= 4 is 17.2 Å². The summed E-state index contributed by atoms with van der Waals surface area (Å²) in [6.45, 7) is 5.27. The van der Waals surface area contributed by atoms with Crippen LogP contribution in [0.25, 0.3) is 0 Å². The molecule has 2 aromatic rings. The number of aryl methyl sites for hydroxylation is 2. The third kappa shape index (κ3) is 3.35. The van der Waals surface area contributed by atoms with Crippen molar-refractivity contribution < 1.29 is 10.0 Å². The van der Waals surface area contributed by atoms with E-state index in [2.05, 4.69) is 10.3 Å². The van der Waals surface area contributed by atoms with E-state index in [1.165, 1.54) is 6.07 Å². The smallest absolute Gasteiger partial charge is 0.312 e. The fourth-order valence-corrected chi connectivity index (χ4v) is 1.90. The summed E-state index contributed by atoms with van der Waals surface area (Å²) in [7, 11) is 0. The Hall–Kier alpha value is -2.47. The summed E-state index contributed by atoms with van der Waals surface area (Å²) < 4.78 is 0. The monoisotopic (exact) mass is 287 g/mol. The Kier molecular flexibility index (Phi) is 4.18. The summed E-state index contributed by atoms with van der Waals surface area (Å²) in [5.74, 6) is 0.216. The van der Waals surface area contributed by atoms with Crippen LogP contribution in [0.4, 0.5) is 17.2 Å². The number of benzene rings is 1. The van der Waals surface area contributed by atoms with Gasteiger partial charge >= 0.3 is 5.69 Å². The summed E-state index contributed by atoms with van der Waals surface area (Å²) in [5, 5.41) is 23.5. The van der Waals surface area contributed by atoms with Crippen LogP contribution in [0.3, 0.4) is 0 Å². The van der Waals surface area contributed by atoms with Gasteiger partial charge in [-0.05, 0) is 44.0 Å². The second kappa shape index (κ2) is 5.88. The average Bonchev–Trinajstić information content (AvgIpc) is 2.43. The van der Waals surface area contributed by atoms with Crippen LogP contribution in [0.5, 0.6) is 0 Å². The minimum atomic E-state index is -0.548. The van der Waals surface area contributed by atoms with Gasteiger partial charge in [0.15, 0.2) is 0 Å². The zero-order chi connectivity index (χ0) is 15.6. The molecule has 0 aliphatic carbocycles. The van der Waals surface area contributed by atoms with E-state index in [1.807, 2.05) is 0 Å². The van der Waals surface area contributed by atoms with Gasteiger partial charge < -0.3 is 10.4 Å². The van der Waals surface area contributed by atoms with E-state index in [-0.39, 0.29) is 11.5 Å². The second-order valence-corrected chi connectivity index (χ2v) is 4.94. The Balaban J connectivity index is 2.34. The molecule has 0 fully saturated rings. The van der Waals surface area contributed by atoms with Gasteiger partial charge in [-0.2, -0.15) is 0 Å². The van der Waals surface area contributed by atoms with Gasteiger partial charge in [-0.3, -0.25) is 10.1 Å². The molecule has 1 heterocycles. The maximum absolute atomic E-state index is 11.1. The van der Waals surface area contributed by atoms with Gasteiger partial charge in [0.2, 0.25) is 5.82 Å². The summed E-state index contributed by atoms with van der Waals surface area (Å²) in [4.78, 5) is 14.9. The van der Waals surface area contributed by atoms with Crippen molar-refractivity contribution in [1.29, 1.82) is 0 Å². The standard InChI is InChI=1S/C15H17N3O3/c1-9-8-14(18(20)21)15(16-10(9)2)17-13-6-4-12(5-7-13)11(3)19/h4-8,11,19H,1-3H3,(H,16,17). The van der Waals surface area contributed by atoms with Crippen LogP contribution in [0.15, 0.2) is 30.3 Å². The third-order valence-electron chi connectivity index (χ3n) is 3.30. The highest BCUT2D eigenvalue weighted by Crippen LogP contribution is 2.28. The van der Waals surface area contributed by atoms with Crippen LogP contribution >= 0.6 is 0 Å². The highest BCUT2D eigenvalue weighted by atomic mass is 16.6. The number of nitrogens with zero attached hydrogens (tertiary/aromatic N) is 2. The molecule has 1 aromatic carbocycles. The minimum Gasteiger partial charge on any atom is -0.389 e. The van der Waals surface area contributed by atoms with Crippen molar-refractivity contribution in [2.45, 2.75) is 26.9 Å². The van der Waals surface area contributed by atoms with Gasteiger partial charge in [0, 0.05) is 17.4 Å². The molecule has 1 unspecified atom stereocenters. The lowest BCUT2D eigenvalue weighted by molar-refractivity contribution is -0.384. The van der Waals surface area contributed by atoms with Gasteiger partial charge in [0.1, 0.15) is 0 Å². The molecule has 0 saturated carbocycles. The van der Waals surface area contributed by atoms with E-state index < -0.39 is 11.0 Å². The number of hydrogen-bond donors (Lipinski definition) is 2. The minimum absolute atomic E-state index is 0.0577. The molecule has 0 saturated heterocycles. The van der Waals surface area contributed by atoms with Gasteiger partial charge in [-0.25, -0.2) is 4.98 Å². The number of pyridine rings is 1. The van der Waals surface area contributed by atoms with Crippen molar-refractivity contribution in [3.05, 3.63) is 57.3 Å². The van der Waals surface area contributed by atoms with Crippen LogP contribution < -0.4 is 5.32 Å². The number of nitrogens with one attached hydrogen (secondary N) is 1. The number of rotatable bonds is 4. The van der Waals surface area contributed by atoms with E-state index in [4.69, 9.17) is 0 Å². The Morgan fingerprint density at radius 2 is 1.90 bits per heavy atom. The molecule has 0 aliphatic heterocycles. The van der Waals surface area contributed by atoms with Crippen LogP contribution in [-0.2, 0) is 0 Å². The lowest BCUT2D eigenvalue weighted by atomic mass is 10.1. The Labute approximate surface area is 122 Å². The molecule has 2 N–H and O–H groups in total. The van der Waals surface area contributed by atoms with E-state index in [0.717, 1.165) is 16.8 Å². The quantitative estimate of drug-likeness (QED) is 0.664. The molecule has 21 heavy (non-hydrogen) atoms. The van der Waals surface area contributed by atoms with Gasteiger partial charge in [-0.1, -0.05) is 12.1 Å². The molecule has 0 spiro atoms. The number of aromatic nitrogens is 1. The molecule has 110 valence electrons. The Morgan fingerprint density at radius 1 is 1.29 bits per heavy atom. The first kappa shape index (κ1) is 14.9. The Bertz CT molecular complexity index is 667. The molecule has 0 bridgehead atoms. The zero-order valence-corrected chi connectivity index (χ0v) is 12.1. The Morgan fingerprint density at radius 3 is 2.43 bits per heavy atom. The first-order valence-corrected chi connectivity index (χ1v) is 6.56. The fraction of sp³-hybridized carbons (Fsp3) is 0.267. The van der Waals surface area contributed by atoms with Gasteiger partial charge in [-0.15, -0.1) is 0 Å². The molecule has 0 aliphatic rings. The molecule has 0 radical (unpaired) electrons. The second-order valence-electron chi connectivity index (χ2n) is 4.94. The molecule has 2 rings (SSSR count). The lowest BCUT2D eigenvalue weighted by Gasteiger charge is -2.10. The first-order valence-electron chi connectivity index (χ1n) is 6.56. The maximum Gasteiger partial charge on any atom is 0.312 e. The number of hydrogen-bond acceptors (Lipinski definition) is 5. The van der Waals surface area contributed by atoms with Crippen molar-refractivity contribution in [2.24, 2.45) is 0 Å². The highest BCUT2D eigenvalue weighted by molar-refractivity contribution is 5.66. The molecule has 1 aromatic heterocycles. The molecular weight excluding hydrogens is 270 g/mol. The molecule has 6 heteroatoms. The van der Waals surface area contributed by atoms with Crippen molar-refractivity contribution in [2.75, 3.05) is 5.32 Å². The fourth-order valence-electron chi connectivity index (χ4n) is 1.90. The summed E-state index contributed by atoms with van der Waals surface area (Å²) in [6.07, 6.45) is -0.548. The number of aliphatic hydroxyl groups is 1. The predicted molar refractivity (Wildman–Crippen MR) is 80.7 cm³/mol. The predicted octanol–water partition coefficient (Wildman–Crippen LogP) is 3.40. The number of anilines is 2. The maximum atomic E-state index is 11.1. The van der Waals surface area contributed by atoms with Crippen LogP contribution in [-0.4, -0.2) is 15.0 Å². The zero-order valence-electron chi connectivity index (χ0n) is 12.1. The highest BCUT2D eigenvalue weighted by Gasteiger charge is 2.17. The third-order valence-corrected chi connectivity index (χ3v) is 3.30. The lowest BCUT2D eigenvalue weighted by Crippen LogP contribution is -2.02. The molecular formula is C15H17N3O3. The van der Waals surface area contributed by atoms with E-state index in [0.29, 0.717) is 5.69 Å². The summed E-state index contributed by atoms with van der Waals surface area (Å²) in [5.41, 5.74) is 2.92.